The molecule has 5 heteroatoms. The first-order valence-electron chi connectivity index (χ1n) is 6.24. The van der Waals surface area contributed by atoms with Crippen molar-refractivity contribution in [2.45, 2.75) is 33.0 Å². The van der Waals surface area contributed by atoms with Crippen LogP contribution in [0.2, 0.25) is 5.02 Å². The van der Waals surface area contributed by atoms with Gasteiger partial charge in [0.2, 0.25) is 0 Å². The fourth-order valence-corrected chi connectivity index (χ4v) is 1.99. The summed E-state index contributed by atoms with van der Waals surface area (Å²) < 4.78 is 15.4. The highest BCUT2D eigenvalue weighted by molar-refractivity contribution is 6.31. The highest BCUT2D eigenvalue weighted by atomic mass is 35.5. The molecule has 0 bridgehead atoms. The smallest absolute Gasteiger partial charge is 0.142 e. The number of nitrogens with one attached hydrogen (secondary N) is 1. The molecular weight excluding hydrogens is 265 g/mol. The summed E-state index contributed by atoms with van der Waals surface area (Å²) in [5.74, 6) is 0.523. The summed E-state index contributed by atoms with van der Waals surface area (Å²) >= 11 is 5.97. The van der Waals surface area contributed by atoms with E-state index in [1.165, 1.54) is 6.07 Å². The van der Waals surface area contributed by atoms with Crippen LogP contribution in [0.4, 0.5) is 4.39 Å². The molecule has 2 aromatic rings. The van der Waals surface area contributed by atoms with Crippen molar-refractivity contribution in [2.24, 2.45) is 0 Å². The van der Waals surface area contributed by atoms with E-state index in [-0.39, 0.29) is 10.8 Å². The van der Waals surface area contributed by atoms with E-state index in [0.717, 1.165) is 11.4 Å². The molecule has 1 heterocycles. The van der Waals surface area contributed by atoms with Gasteiger partial charge < -0.3 is 9.88 Å². The molecular formula is C14H17ClFN3. The van der Waals surface area contributed by atoms with E-state index in [0.29, 0.717) is 19.1 Å². The van der Waals surface area contributed by atoms with Gasteiger partial charge in [0.1, 0.15) is 11.6 Å². The summed E-state index contributed by atoms with van der Waals surface area (Å²) in [6.45, 7) is 5.36. The normalized spacial score (nSPS) is 11.2. The van der Waals surface area contributed by atoms with E-state index in [9.17, 15) is 4.39 Å². The van der Waals surface area contributed by atoms with E-state index >= 15 is 0 Å². The Hall–Kier alpha value is -1.39. The Kier molecular flexibility index (Phi) is 4.56. The Labute approximate surface area is 117 Å². The minimum Gasteiger partial charge on any atom is -0.329 e. The van der Waals surface area contributed by atoms with Gasteiger partial charge in [-0.05, 0) is 11.6 Å². The Morgan fingerprint density at radius 3 is 2.95 bits per heavy atom. The fourth-order valence-electron chi connectivity index (χ4n) is 1.80. The van der Waals surface area contributed by atoms with Gasteiger partial charge in [0.25, 0.3) is 0 Å². The summed E-state index contributed by atoms with van der Waals surface area (Å²) in [6, 6.07) is 5.24. The van der Waals surface area contributed by atoms with E-state index in [2.05, 4.69) is 24.1 Å². The van der Waals surface area contributed by atoms with Crippen LogP contribution in [0.5, 0.6) is 0 Å². The second kappa shape index (κ2) is 6.17. The lowest BCUT2D eigenvalue weighted by Crippen LogP contribution is -2.24. The van der Waals surface area contributed by atoms with Crippen LogP contribution in [0, 0.1) is 5.82 Å². The first-order valence-corrected chi connectivity index (χ1v) is 6.62. The third-order valence-electron chi connectivity index (χ3n) is 2.84. The third kappa shape index (κ3) is 3.55. The fraction of sp³-hybridized carbons (Fsp3) is 0.357. The summed E-state index contributed by atoms with van der Waals surface area (Å²) in [5.41, 5.74) is 0.755. The minimum atomic E-state index is -0.388. The van der Waals surface area contributed by atoms with Gasteiger partial charge in [0.05, 0.1) is 18.1 Å². The number of halogens is 2. The molecule has 19 heavy (non-hydrogen) atoms. The maximum Gasteiger partial charge on any atom is 0.142 e. The van der Waals surface area contributed by atoms with Crippen LogP contribution in [0.25, 0.3) is 0 Å². The molecule has 0 aliphatic carbocycles. The quantitative estimate of drug-likeness (QED) is 0.912. The van der Waals surface area contributed by atoms with Crippen LogP contribution in [-0.2, 0) is 13.1 Å². The number of aromatic nitrogens is 2. The molecule has 1 aromatic heterocycles. The topological polar surface area (TPSA) is 29.9 Å². The van der Waals surface area contributed by atoms with Crippen molar-refractivity contribution in [3.63, 3.8) is 0 Å². The number of benzene rings is 1. The molecule has 0 fully saturated rings. The average Bonchev–Trinajstić information content (AvgIpc) is 2.80. The van der Waals surface area contributed by atoms with Crippen molar-refractivity contribution in [1.82, 2.24) is 14.9 Å². The van der Waals surface area contributed by atoms with Gasteiger partial charge in [-0.25, -0.2) is 9.37 Å². The summed E-state index contributed by atoms with van der Waals surface area (Å²) in [6.07, 6.45) is 3.61. The molecule has 0 aliphatic rings. The number of rotatable bonds is 5. The van der Waals surface area contributed by atoms with Gasteiger partial charge in [-0.15, -0.1) is 0 Å². The number of nitrogens with zero attached hydrogens (tertiary/aromatic N) is 2. The Bertz CT molecular complexity index is 551. The van der Waals surface area contributed by atoms with Crippen molar-refractivity contribution >= 4 is 11.6 Å². The lowest BCUT2D eigenvalue weighted by molar-refractivity contribution is 0.554. The SMILES string of the molecule is CC(C)NCc1nccn1Cc1cccc(F)c1Cl. The van der Waals surface area contributed by atoms with E-state index in [1.807, 2.05) is 16.8 Å². The summed E-state index contributed by atoms with van der Waals surface area (Å²) in [5, 5.41) is 3.49. The third-order valence-corrected chi connectivity index (χ3v) is 3.27. The lowest BCUT2D eigenvalue weighted by Gasteiger charge is -2.12. The molecule has 0 saturated carbocycles. The number of imidazole rings is 1. The molecule has 3 nitrogen and oxygen atoms in total. The molecule has 0 radical (unpaired) electrons. The second-order valence-corrected chi connectivity index (χ2v) is 5.10. The first kappa shape index (κ1) is 14.0. The Morgan fingerprint density at radius 1 is 1.42 bits per heavy atom. The minimum absolute atomic E-state index is 0.180. The highest BCUT2D eigenvalue weighted by Gasteiger charge is 2.09. The molecule has 1 N–H and O–H groups in total. The zero-order valence-electron chi connectivity index (χ0n) is 11.0. The maximum atomic E-state index is 13.4. The van der Waals surface area contributed by atoms with Crippen molar-refractivity contribution < 1.29 is 4.39 Å². The molecule has 0 spiro atoms. The second-order valence-electron chi connectivity index (χ2n) is 4.72. The van der Waals surface area contributed by atoms with Crippen LogP contribution in [-0.4, -0.2) is 15.6 Å². The van der Waals surface area contributed by atoms with E-state index in [4.69, 9.17) is 11.6 Å². The molecule has 0 amide bonds. The molecule has 1 aromatic carbocycles. The monoisotopic (exact) mass is 281 g/mol. The van der Waals surface area contributed by atoms with Gasteiger partial charge in [-0.2, -0.15) is 0 Å². The van der Waals surface area contributed by atoms with E-state index in [1.54, 1.807) is 12.3 Å². The van der Waals surface area contributed by atoms with Gasteiger partial charge in [0.15, 0.2) is 0 Å². The number of hydrogen-bond donors (Lipinski definition) is 1. The van der Waals surface area contributed by atoms with E-state index < -0.39 is 0 Å². The predicted octanol–water partition coefficient (Wildman–Crippen LogP) is 3.22. The van der Waals surface area contributed by atoms with Gasteiger partial charge in [-0.1, -0.05) is 37.6 Å². The van der Waals surface area contributed by atoms with Crippen molar-refractivity contribution in [3.8, 4) is 0 Å². The Balaban J connectivity index is 2.15. The largest absolute Gasteiger partial charge is 0.329 e. The highest BCUT2D eigenvalue weighted by Crippen LogP contribution is 2.20. The van der Waals surface area contributed by atoms with Crippen LogP contribution in [0.15, 0.2) is 30.6 Å². The van der Waals surface area contributed by atoms with Crippen LogP contribution in [0.3, 0.4) is 0 Å². The van der Waals surface area contributed by atoms with Crippen LogP contribution < -0.4 is 5.32 Å². The lowest BCUT2D eigenvalue weighted by atomic mass is 10.2. The molecule has 0 saturated heterocycles. The van der Waals surface area contributed by atoms with Crippen LogP contribution in [0.1, 0.15) is 25.2 Å². The zero-order valence-corrected chi connectivity index (χ0v) is 11.8. The molecule has 102 valence electrons. The van der Waals surface area contributed by atoms with Crippen molar-refractivity contribution in [1.29, 1.82) is 0 Å². The molecule has 0 atom stereocenters. The van der Waals surface area contributed by atoms with Crippen LogP contribution >= 0.6 is 11.6 Å². The maximum absolute atomic E-state index is 13.4. The summed E-state index contributed by atoms with van der Waals surface area (Å²) in [7, 11) is 0. The van der Waals surface area contributed by atoms with Gasteiger partial charge in [0, 0.05) is 18.4 Å². The predicted molar refractivity (Wildman–Crippen MR) is 74.7 cm³/mol. The van der Waals surface area contributed by atoms with Gasteiger partial charge >= 0.3 is 0 Å². The molecule has 0 unspecified atom stereocenters. The first-order chi connectivity index (χ1) is 9.08. The average molecular weight is 282 g/mol. The standard InChI is InChI=1S/C14H17ClFN3/c1-10(2)18-8-13-17-6-7-19(13)9-11-4-3-5-12(16)14(11)15/h3-7,10,18H,8-9H2,1-2H3. The number of hydrogen-bond acceptors (Lipinski definition) is 2. The van der Waals surface area contributed by atoms with Crippen molar-refractivity contribution in [2.75, 3.05) is 0 Å². The molecule has 0 aliphatic heterocycles. The Morgan fingerprint density at radius 2 is 2.21 bits per heavy atom. The zero-order chi connectivity index (χ0) is 13.8. The summed E-state index contributed by atoms with van der Waals surface area (Å²) in [4.78, 5) is 4.30. The molecule has 2 rings (SSSR count). The van der Waals surface area contributed by atoms with Crippen molar-refractivity contribution in [3.05, 3.63) is 52.8 Å². The van der Waals surface area contributed by atoms with Gasteiger partial charge in [-0.3, -0.25) is 0 Å².